The Balaban J connectivity index is 2.15. The summed E-state index contributed by atoms with van der Waals surface area (Å²) in [5.74, 6) is -4.93. The monoisotopic (exact) mass is 475 g/mol. The zero-order valence-electron chi connectivity index (χ0n) is 19.0. The Bertz CT molecular complexity index is 961. The highest BCUT2D eigenvalue weighted by Crippen LogP contribution is 2.38. The number of carbonyl (C=O) groups excluding carboxylic acids is 2. The number of aromatic nitrogens is 2. The average Bonchev–Trinajstić information content (AvgIpc) is 2.96. The minimum atomic E-state index is -2.99. The fraction of sp³-hybridized carbons (Fsp3) is 0.700. The largest absolute Gasteiger partial charge is 0.459 e. The molecule has 2 rings (SSSR count). The highest BCUT2D eigenvalue weighted by atomic mass is 19.2. The summed E-state index contributed by atoms with van der Waals surface area (Å²) in [6.07, 6.45) is -4.27. The quantitative estimate of drug-likeness (QED) is 0.402. The van der Waals surface area contributed by atoms with Crippen molar-refractivity contribution in [1.82, 2.24) is 14.0 Å². The Hall–Kier alpha value is -2.61. The number of alkyl halides is 1. The van der Waals surface area contributed by atoms with Gasteiger partial charge in [-0.25, -0.2) is 13.8 Å². The predicted octanol–water partition coefficient (Wildman–Crippen LogP) is -1.03. The number of aliphatic hydroxyl groups is 2. The van der Waals surface area contributed by atoms with Crippen LogP contribution in [0.1, 0.15) is 32.9 Å². The lowest BCUT2D eigenvalue weighted by molar-refractivity contribution is -0.218. The van der Waals surface area contributed by atoms with E-state index in [1.165, 1.54) is 13.8 Å². The van der Waals surface area contributed by atoms with E-state index < -0.39 is 66.7 Å². The summed E-state index contributed by atoms with van der Waals surface area (Å²) in [6, 6.07) is 0.931. The summed E-state index contributed by atoms with van der Waals surface area (Å²) in [7, 11) is 3.68. The first-order chi connectivity index (χ1) is 15.4. The van der Waals surface area contributed by atoms with E-state index in [-0.39, 0.29) is 6.42 Å². The molecular weight excluding hydrogens is 445 g/mol. The molecule has 0 unspecified atom stereocenters. The van der Waals surface area contributed by atoms with Crippen LogP contribution in [-0.4, -0.2) is 81.5 Å². The van der Waals surface area contributed by atoms with Gasteiger partial charge >= 0.3 is 17.6 Å². The molecule has 1 aliphatic heterocycles. The van der Waals surface area contributed by atoms with E-state index in [1.54, 1.807) is 0 Å². The number of carbonyl (C=O) groups is 2. The summed E-state index contributed by atoms with van der Waals surface area (Å²) >= 11 is 0. The number of ether oxygens (including phenoxy) is 3. The number of hydrogen-bond acceptors (Lipinski definition) is 10. The van der Waals surface area contributed by atoms with Gasteiger partial charge in [-0.3, -0.25) is 19.0 Å². The van der Waals surface area contributed by atoms with Gasteiger partial charge in [-0.05, 0) is 27.1 Å². The molecule has 0 saturated carbocycles. The fourth-order valence-corrected chi connectivity index (χ4v) is 3.02. The van der Waals surface area contributed by atoms with Crippen LogP contribution >= 0.6 is 0 Å². The van der Waals surface area contributed by atoms with Gasteiger partial charge in [0.15, 0.2) is 19.6 Å². The van der Waals surface area contributed by atoms with E-state index in [0.717, 1.165) is 12.3 Å². The van der Waals surface area contributed by atoms with E-state index in [2.05, 4.69) is 0 Å². The maximum atomic E-state index is 15.1. The second-order valence-corrected chi connectivity index (χ2v) is 8.32. The maximum absolute atomic E-state index is 15.1. The molecule has 0 aromatic carbocycles. The molecule has 2 N–H and O–H groups in total. The van der Waals surface area contributed by atoms with E-state index in [9.17, 15) is 29.4 Å². The van der Waals surface area contributed by atoms with E-state index in [4.69, 9.17) is 14.2 Å². The molecule has 4 atom stereocenters. The first-order valence-corrected chi connectivity index (χ1v) is 10.4. The van der Waals surface area contributed by atoms with Crippen LogP contribution in [0.15, 0.2) is 21.9 Å². The molecule has 0 radical (unpaired) electrons. The zero-order valence-corrected chi connectivity index (χ0v) is 19.0. The SMILES string of the molecule is CC(C)C(=O)OC[C@@]1(F)O[C@@H](n2ccc(=O)n(COC(=O)CCCN(C)C)c2=O)[C@H](O)[C@@H]1O. The van der Waals surface area contributed by atoms with Gasteiger partial charge in [-0.2, -0.15) is 0 Å². The summed E-state index contributed by atoms with van der Waals surface area (Å²) in [4.78, 5) is 50.2. The number of nitrogens with zero attached hydrogens (tertiary/aromatic N) is 3. The number of esters is 2. The number of hydrogen-bond donors (Lipinski definition) is 2. The Morgan fingerprint density at radius 3 is 2.55 bits per heavy atom. The van der Waals surface area contributed by atoms with Gasteiger partial charge in [0.25, 0.3) is 11.4 Å². The van der Waals surface area contributed by atoms with E-state index in [0.29, 0.717) is 22.1 Å². The molecule has 0 amide bonds. The van der Waals surface area contributed by atoms with Crippen LogP contribution in [0.3, 0.4) is 0 Å². The minimum absolute atomic E-state index is 0.0735. The molecule has 0 bridgehead atoms. The zero-order chi connectivity index (χ0) is 24.9. The molecule has 1 saturated heterocycles. The van der Waals surface area contributed by atoms with Gasteiger partial charge < -0.3 is 29.3 Å². The first-order valence-electron chi connectivity index (χ1n) is 10.4. The number of rotatable bonds is 10. The normalized spacial score (nSPS) is 24.9. The highest BCUT2D eigenvalue weighted by molar-refractivity contribution is 5.71. The van der Waals surface area contributed by atoms with Gasteiger partial charge in [0.1, 0.15) is 12.2 Å². The molecule has 186 valence electrons. The fourth-order valence-electron chi connectivity index (χ4n) is 3.02. The summed E-state index contributed by atoms with van der Waals surface area (Å²) in [5.41, 5.74) is -1.87. The molecule has 13 heteroatoms. The Morgan fingerprint density at radius 1 is 1.27 bits per heavy atom. The molecule has 12 nitrogen and oxygen atoms in total. The molecule has 33 heavy (non-hydrogen) atoms. The van der Waals surface area contributed by atoms with Crippen LogP contribution in [0, 0.1) is 5.92 Å². The molecule has 0 aliphatic carbocycles. The summed E-state index contributed by atoms with van der Waals surface area (Å²) in [6.45, 7) is 1.97. The van der Waals surface area contributed by atoms with Gasteiger partial charge in [-0.15, -0.1) is 0 Å². The topological polar surface area (TPSA) is 150 Å². The van der Waals surface area contributed by atoms with Crippen LogP contribution in [0.25, 0.3) is 0 Å². The third-order valence-electron chi connectivity index (χ3n) is 4.97. The van der Waals surface area contributed by atoms with Gasteiger partial charge in [0, 0.05) is 18.7 Å². The lowest BCUT2D eigenvalue weighted by Gasteiger charge is -2.23. The average molecular weight is 475 g/mol. The van der Waals surface area contributed by atoms with Crippen molar-refractivity contribution in [2.24, 2.45) is 5.92 Å². The van der Waals surface area contributed by atoms with Crippen LogP contribution < -0.4 is 11.2 Å². The Kier molecular flexibility index (Phi) is 8.89. The second kappa shape index (κ2) is 11.0. The summed E-state index contributed by atoms with van der Waals surface area (Å²) in [5, 5.41) is 20.4. The Morgan fingerprint density at radius 2 is 1.94 bits per heavy atom. The number of aliphatic hydroxyl groups excluding tert-OH is 2. The second-order valence-electron chi connectivity index (χ2n) is 8.32. The van der Waals surface area contributed by atoms with E-state index in [1.807, 2.05) is 19.0 Å². The molecule has 2 heterocycles. The lowest BCUT2D eigenvalue weighted by Crippen LogP contribution is -2.44. The van der Waals surface area contributed by atoms with Crippen molar-refractivity contribution in [3.8, 4) is 0 Å². The van der Waals surface area contributed by atoms with Crippen LogP contribution in [0.5, 0.6) is 0 Å². The van der Waals surface area contributed by atoms with Crippen molar-refractivity contribution < 1.29 is 38.4 Å². The Labute approximate surface area is 189 Å². The highest BCUT2D eigenvalue weighted by Gasteiger charge is 2.57. The number of halogens is 1. The van der Waals surface area contributed by atoms with Crippen LogP contribution in [0.2, 0.25) is 0 Å². The third kappa shape index (κ3) is 6.47. The van der Waals surface area contributed by atoms with Crippen molar-refractivity contribution >= 4 is 11.9 Å². The molecule has 1 aromatic rings. The summed E-state index contributed by atoms with van der Waals surface area (Å²) < 4.78 is 31.1. The molecular formula is C20H30FN3O9. The van der Waals surface area contributed by atoms with Crippen molar-refractivity contribution in [3.05, 3.63) is 33.1 Å². The first kappa shape index (κ1) is 26.6. The van der Waals surface area contributed by atoms with E-state index >= 15 is 4.39 Å². The molecule has 1 fully saturated rings. The van der Waals surface area contributed by atoms with Crippen LogP contribution in [0.4, 0.5) is 4.39 Å². The smallest absolute Gasteiger partial charge is 0.335 e. The van der Waals surface area contributed by atoms with Gasteiger partial charge in [0.2, 0.25) is 0 Å². The van der Waals surface area contributed by atoms with Crippen molar-refractivity contribution in [1.29, 1.82) is 0 Å². The minimum Gasteiger partial charge on any atom is -0.459 e. The molecule has 1 aromatic heterocycles. The molecule has 0 spiro atoms. The van der Waals surface area contributed by atoms with Crippen molar-refractivity contribution in [2.75, 3.05) is 27.2 Å². The predicted molar refractivity (Wildman–Crippen MR) is 111 cm³/mol. The van der Waals surface area contributed by atoms with Gasteiger partial charge in [-0.1, -0.05) is 13.8 Å². The standard InChI is InChI=1S/C20H30FN3O9/c1-12(2)18(29)31-10-20(21)16(28)15(27)17(33-20)23-9-7-13(25)24(19(23)30)11-32-14(26)6-5-8-22(3)4/h7,9,12,15-17,27-28H,5-6,8,10-11H2,1-4H3/t15-,16+,17-,20-/m1/s1. The third-order valence-corrected chi connectivity index (χ3v) is 4.97. The van der Waals surface area contributed by atoms with Crippen molar-refractivity contribution in [3.63, 3.8) is 0 Å². The van der Waals surface area contributed by atoms with Gasteiger partial charge in [0.05, 0.1) is 5.92 Å². The van der Waals surface area contributed by atoms with Crippen LogP contribution in [-0.2, 0) is 30.5 Å². The lowest BCUT2D eigenvalue weighted by atomic mass is 10.1. The van der Waals surface area contributed by atoms with Crippen molar-refractivity contribution in [2.45, 2.75) is 57.7 Å². The maximum Gasteiger partial charge on any atom is 0.335 e. The molecule has 1 aliphatic rings.